The molecule has 3 aromatic carbocycles. The number of anilines is 1. The summed E-state index contributed by atoms with van der Waals surface area (Å²) in [5.74, 6) is 0.0172. The first kappa shape index (κ1) is 22.0. The van der Waals surface area contributed by atoms with Crippen LogP contribution in [0.5, 0.6) is 0 Å². The summed E-state index contributed by atoms with van der Waals surface area (Å²) in [6, 6.07) is 16.5. The van der Waals surface area contributed by atoms with Gasteiger partial charge in [0.1, 0.15) is 11.3 Å². The van der Waals surface area contributed by atoms with Crippen molar-refractivity contribution in [3.05, 3.63) is 103 Å². The van der Waals surface area contributed by atoms with Crippen molar-refractivity contribution in [2.45, 2.75) is 27.2 Å². The summed E-state index contributed by atoms with van der Waals surface area (Å²) in [5.41, 5.74) is 4.24. The van der Waals surface area contributed by atoms with Crippen LogP contribution in [0.15, 0.2) is 69.9 Å². The molecule has 0 bridgehead atoms. The fraction of sp³-hybridized carbons (Fsp3) is 0.154. The topological polar surface area (TPSA) is 102 Å². The van der Waals surface area contributed by atoms with Gasteiger partial charge in [-0.2, -0.15) is 0 Å². The molecule has 0 fully saturated rings. The van der Waals surface area contributed by atoms with Gasteiger partial charge in [0.05, 0.1) is 10.3 Å². The second-order valence-corrected chi connectivity index (χ2v) is 7.92. The number of carbonyl (C=O) groups is 1. The van der Waals surface area contributed by atoms with Crippen LogP contribution in [0, 0.1) is 24.0 Å². The van der Waals surface area contributed by atoms with Gasteiger partial charge in [-0.3, -0.25) is 19.7 Å². The summed E-state index contributed by atoms with van der Waals surface area (Å²) in [7, 11) is 0. The molecular formula is C26H22N2O5. The van der Waals surface area contributed by atoms with E-state index in [1.54, 1.807) is 36.4 Å². The van der Waals surface area contributed by atoms with E-state index in [1.807, 2.05) is 32.9 Å². The average Bonchev–Trinajstić information content (AvgIpc) is 2.79. The van der Waals surface area contributed by atoms with Crippen LogP contribution in [0.1, 0.15) is 34.0 Å². The Morgan fingerprint density at radius 2 is 1.76 bits per heavy atom. The maximum Gasteiger partial charge on any atom is 0.274 e. The highest BCUT2D eigenvalue weighted by atomic mass is 16.6. The van der Waals surface area contributed by atoms with Crippen LogP contribution >= 0.6 is 0 Å². The summed E-state index contributed by atoms with van der Waals surface area (Å²) in [6.07, 6.45) is 0.524. The highest BCUT2D eigenvalue weighted by molar-refractivity contribution is 6.04. The molecule has 0 radical (unpaired) electrons. The number of nitrogens with one attached hydrogen (secondary N) is 1. The monoisotopic (exact) mass is 442 g/mol. The van der Waals surface area contributed by atoms with Crippen LogP contribution < -0.4 is 10.7 Å². The molecule has 1 aromatic heterocycles. The lowest BCUT2D eigenvalue weighted by atomic mass is 10.1. The predicted molar refractivity (Wildman–Crippen MR) is 128 cm³/mol. The van der Waals surface area contributed by atoms with E-state index in [2.05, 4.69) is 5.32 Å². The molecule has 0 aliphatic carbocycles. The first-order valence-electron chi connectivity index (χ1n) is 10.5. The number of nitro groups is 1. The Bertz CT molecular complexity index is 1450. The van der Waals surface area contributed by atoms with Crippen molar-refractivity contribution in [1.29, 1.82) is 0 Å². The molecule has 0 aliphatic heterocycles. The third-order valence-corrected chi connectivity index (χ3v) is 5.51. The van der Waals surface area contributed by atoms with Crippen molar-refractivity contribution < 1.29 is 14.1 Å². The second-order valence-electron chi connectivity index (χ2n) is 7.92. The van der Waals surface area contributed by atoms with Crippen LogP contribution in [-0.4, -0.2) is 10.8 Å². The zero-order chi connectivity index (χ0) is 23.7. The Hall–Kier alpha value is -4.26. The number of amides is 1. The number of hydrogen-bond donors (Lipinski definition) is 1. The third kappa shape index (κ3) is 4.39. The average molecular weight is 442 g/mol. The van der Waals surface area contributed by atoms with Gasteiger partial charge in [-0.15, -0.1) is 0 Å². The van der Waals surface area contributed by atoms with E-state index >= 15 is 0 Å². The normalized spacial score (nSPS) is 10.9. The molecule has 1 amide bonds. The number of nitro benzene ring substituents is 1. The van der Waals surface area contributed by atoms with Crippen molar-refractivity contribution >= 4 is 28.3 Å². The number of aryl methyl sites for hydroxylation is 3. The molecule has 0 atom stereocenters. The standard InChI is InChI=1S/C26H22N2O5/c1-4-17-9-10-20(13-22(17)28(31)32)27-26(30)19-7-5-18(6-8-19)24-14-23(29)21-12-15(2)11-16(3)25(21)33-24/h5-14H,4H2,1-3H3,(H,27,30). The van der Waals surface area contributed by atoms with E-state index in [0.29, 0.717) is 45.5 Å². The molecule has 4 rings (SSSR count). The first-order chi connectivity index (χ1) is 15.8. The number of nitrogens with zero attached hydrogens (tertiary/aromatic N) is 1. The third-order valence-electron chi connectivity index (χ3n) is 5.51. The van der Waals surface area contributed by atoms with E-state index in [0.717, 1.165) is 11.1 Å². The molecule has 7 heteroatoms. The minimum atomic E-state index is -0.455. The van der Waals surface area contributed by atoms with Gasteiger partial charge >= 0.3 is 0 Å². The van der Waals surface area contributed by atoms with Gasteiger partial charge < -0.3 is 9.73 Å². The van der Waals surface area contributed by atoms with Crippen LogP contribution in [0.2, 0.25) is 0 Å². The summed E-state index contributed by atoms with van der Waals surface area (Å²) in [5, 5.41) is 14.5. The van der Waals surface area contributed by atoms with Crippen LogP contribution in [0.4, 0.5) is 11.4 Å². The molecule has 33 heavy (non-hydrogen) atoms. The molecule has 166 valence electrons. The SMILES string of the molecule is CCc1ccc(NC(=O)c2ccc(-c3cc(=O)c4cc(C)cc(C)c4o3)cc2)cc1[N+](=O)[O-]. The van der Waals surface area contributed by atoms with Crippen molar-refractivity contribution in [2.75, 3.05) is 5.32 Å². The molecular weight excluding hydrogens is 420 g/mol. The number of fused-ring (bicyclic) bond motifs is 1. The van der Waals surface area contributed by atoms with Gasteiger partial charge in [-0.1, -0.05) is 31.2 Å². The lowest BCUT2D eigenvalue weighted by molar-refractivity contribution is -0.385. The Morgan fingerprint density at radius 3 is 2.42 bits per heavy atom. The lowest BCUT2D eigenvalue weighted by Crippen LogP contribution is -2.12. The van der Waals surface area contributed by atoms with Gasteiger partial charge in [0, 0.05) is 34.5 Å². The van der Waals surface area contributed by atoms with Crippen LogP contribution in [-0.2, 0) is 6.42 Å². The second kappa shape index (κ2) is 8.70. The van der Waals surface area contributed by atoms with Crippen molar-refractivity contribution in [3.63, 3.8) is 0 Å². The van der Waals surface area contributed by atoms with Crippen LogP contribution in [0.3, 0.4) is 0 Å². The Kier molecular flexibility index (Phi) is 5.79. The summed E-state index contributed by atoms with van der Waals surface area (Å²) >= 11 is 0. The molecule has 1 N–H and O–H groups in total. The largest absolute Gasteiger partial charge is 0.456 e. The Morgan fingerprint density at radius 1 is 1.03 bits per heavy atom. The van der Waals surface area contributed by atoms with Gasteiger partial charge in [0.15, 0.2) is 5.43 Å². The number of hydrogen-bond acceptors (Lipinski definition) is 5. The minimum Gasteiger partial charge on any atom is -0.456 e. The molecule has 1 heterocycles. The van der Waals surface area contributed by atoms with E-state index in [1.165, 1.54) is 12.1 Å². The molecule has 4 aromatic rings. The number of benzene rings is 3. The van der Waals surface area contributed by atoms with Crippen LogP contribution in [0.25, 0.3) is 22.3 Å². The van der Waals surface area contributed by atoms with Gasteiger partial charge in [0.25, 0.3) is 11.6 Å². The Labute approximate surface area is 189 Å². The van der Waals surface area contributed by atoms with Gasteiger partial charge in [-0.25, -0.2) is 0 Å². The quantitative estimate of drug-likeness (QED) is 0.311. The maximum absolute atomic E-state index is 12.6. The van der Waals surface area contributed by atoms with Gasteiger partial charge in [-0.05, 0) is 55.7 Å². The number of carbonyl (C=O) groups excluding carboxylic acids is 1. The number of rotatable bonds is 5. The van der Waals surface area contributed by atoms with Gasteiger partial charge in [0.2, 0.25) is 0 Å². The lowest BCUT2D eigenvalue weighted by Gasteiger charge is -2.09. The Balaban J connectivity index is 1.60. The summed E-state index contributed by atoms with van der Waals surface area (Å²) in [4.78, 5) is 36.1. The van der Waals surface area contributed by atoms with E-state index < -0.39 is 10.8 Å². The fourth-order valence-corrected chi connectivity index (χ4v) is 3.85. The summed E-state index contributed by atoms with van der Waals surface area (Å²) in [6.45, 7) is 5.66. The molecule has 0 aliphatic rings. The summed E-state index contributed by atoms with van der Waals surface area (Å²) < 4.78 is 6.00. The molecule has 0 unspecified atom stereocenters. The molecule has 0 saturated carbocycles. The van der Waals surface area contributed by atoms with E-state index in [-0.39, 0.29) is 11.1 Å². The molecule has 0 spiro atoms. The zero-order valence-corrected chi connectivity index (χ0v) is 18.5. The van der Waals surface area contributed by atoms with E-state index in [9.17, 15) is 19.7 Å². The highest BCUT2D eigenvalue weighted by Gasteiger charge is 2.15. The van der Waals surface area contributed by atoms with Crippen molar-refractivity contribution in [3.8, 4) is 11.3 Å². The maximum atomic E-state index is 12.6. The molecule has 7 nitrogen and oxygen atoms in total. The smallest absolute Gasteiger partial charge is 0.274 e. The predicted octanol–water partition coefficient (Wildman–Crippen LogP) is 5.80. The minimum absolute atomic E-state index is 0.0255. The van der Waals surface area contributed by atoms with Crippen molar-refractivity contribution in [2.24, 2.45) is 0 Å². The fourth-order valence-electron chi connectivity index (χ4n) is 3.85. The molecule has 0 saturated heterocycles. The zero-order valence-electron chi connectivity index (χ0n) is 18.5. The van der Waals surface area contributed by atoms with Crippen molar-refractivity contribution in [1.82, 2.24) is 0 Å². The van der Waals surface area contributed by atoms with E-state index in [4.69, 9.17) is 4.42 Å². The highest BCUT2D eigenvalue weighted by Crippen LogP contribution is 2.27. The first-order valence-corrected chi connectivity index (χ1v) is 10.5.